The Hall–Kier alpha value is -2.14. The van der Waals surface area contributed by atoms with E-state index in [-0.39, 0.29) is 6.61 Å². The predicted octanol–water partition coefficient (Wildman–Crippen LogP) is 0.733. The van der Waals surface area contributed by atoms with Gasteiger partial charge in [0.05, 0.1) is 0 Å². The minimum atomic E-state index is -0.553. The molecule has 17 heavy (non-hydrogen) atoms. The van der Waals surface area contributed by atoms with E-state index in [4.69, 9.17) is 14.3 Å². The summed E-state index contributed by atoms with van der Waals surface area (Å²) in [6.07, 6.45) is 0. The van der Waals surface area contributed by atoms with Crippen LogP contribution in [0.5, 0.6) is 5.75 Å². The van der Waals surface area contributed by atoms with Crippen LogP contribution >= 0.6 is 0 Å². The Morgan fingerprint density at radius 3 is 2.82 bits per heavy atom. The first kappa shape index (κ1) is 11.3. The number of benzene rings is 1. The summed E-state index contributed by atoms with van der Waals surface area (Å²) in [6, 6.07) is 7.88. The molecule has 0 atom stereocenters. The molecule has 1 heterocycles. The van der Waals surface area contributed by atoms with Gasteiger partial charge in [-0.15, -0.1) is 0 Å². The molecule has 0 fully saturated rings. The second-order valence-corrected chi connectivity index (χ2v) is 3.44. The van der Waals surface area contributed by atoms with Crippen molar-refractivity contribution in [1.29, 1.82) is 0 Å². The van der Waals surface area contributed by atoms with E-state index in [1.54, 1.807) is 18.2 Å². The predicted molar refractivity (Wildman–Crippen MR) is 60.1 cm³/mol. The number of ketones is 1. The molecule has 88 valence electrons. The van der Waals surface area contributed by atoms with Gasteiger partial charge < -0.3 is 14.3 Å². The maximum atomic E-state index is 11.0. The largest absolute Gasteiger partial charge is 0.486 e. The molecule has 0 saturated carbocycles. The van der Waals surface area contributed by atoms with Gasteiger partial charge in [0, 0.05) is 17.5 Å². The van der Waals surface area contributed by atoms with Crippen LogP contribution < -0.4 is 10.4 Å². The third kappa shape index (κ3) is 2.70. The van der Waals surface area contributed by atoms with Crippen molar-refractivity contribution in [1.82, 2.24) is 0 Å². The van der Waals surface area contributed by atoms with E-state index in [0.717, 1.165) is 5.39 Å². The van der Waals surface area contributed by atoms with E-state index >= 15 is 0 Å². The molecule has 0 amide bonds. The molecule has 2 aromatic rings. The van der Waals surface area contributed by atoms with Crippen LogP contribution in [0.15, 0.2) is 39.5 Å². The van der Waals surface area contributed by atoms with Crippen LogP contribution in [0.3, 0.4) is 0 Å². The topological polar surface area (TPSA) is 76.7 Å². The molecule has 0 aliphatic rings. The number of hydrogen-bond donors (Lipinski definition) is 1. The highest BCUT2D eigenvalue weighted by atomic mass is 16.5. The zero-order valence-electron chi connectivity index (χ0n) is 8.88. The van der Waals surface area contributed by atoms with Crippen LogP contribution in [0.2, 0.25) is 0 Å². The number of rotatable bonds is 4. The summed E-state index contributed by atoms with van der Waals surface area (Å²) in [5, 5.41) is 9.30. The van der Waals surface area contributed by atoms with E-state index in [1.165, 1.54) is 12.1 Å². The number of carbonyl (C=O) groups excluding carboxylic acids is 1. The lowest BCUT2D eigenvalue weighted by Crippen LogP contribution is -2.14. The van der Waals surface area contributed by atoms with Gasteiger partial charge in [-0.1, -0.05) is 0 Å². The van der Waals surface area contributed by atoms with Gasteiger partial charge in [-0.05, 0) is 18.2 Å². The number of aliphatic hydroxyl groups is 1. The van der Waals surface area contributed by atoms with Gasteiger partial charge in [0.2, 0.25) is 0 Å². The van der Waals surface area contributed by atoms with Gasteiger partial charge in [-0.3, -0.25) is 4.79 Å². The normalized spacial score (nSPS) is 10.4. The highest BCUT2D eigenvalue weighted by molar-refractivity contribution is 5.81. The number of fused-ring (bicyclic) bond motifs is 1. The van der Waals surface area contributed by atoms with Crippen LogP contribution in [-0.2, 0) is 4.79 Å². The fourth-order valence-electron chi connectivity index (χ4n) is 1.34. The Balaban J connectivity index is 2.25. The van der Waals surface area contributed by atoms with Gasteiger partial charge in [0.15, 0.2) is 5.78 Å². The average Bonchev–Trinajstić information content (AvgIpc) is 2.35. The van der Waals surface area contributed by atoms with E-state index in [0.29, 0.717) is 11.3 Å². The molecule has 2 rings (SSSR count). The van der Waals surface area contributed by atoms with Crippen molar-refractivity contribution < 1.29 is 19.1 Å². The van der Waals surface area contributed by atoms with Gasteiger partial charge in [0.25, 0.3) is 0 Å². The lowest BCUT2D eigenvalue weighted by atomic mass is 10.2. The summed E-state index contributed by atoms with van der Waals surface area (Å²) in [4.78, 5) is 21.9. The third-order valence-corrected chi connectivity index (χ3v) is 2.17. The van der Waals surface area contributed by atoms with Gasteiger partial charge in [-0.2, -0.15) is 0 Å². The van der Waals surface area contributed by atoms with Crippen LogP contribution in [0.25, 0.3) is 11.0 Å². The second kappa shape index (κ2) is 4.80. The maximum absolute atomic E-state index is 11.0. The molecule has 5 heteroatoms. The Labute approximate surface area is 96.2 Å². The van der Waals surface area contributed by atoms with Gasteiger partial charge in [0.1, 0.15) is 24.5 Å². The van der Waals surface area contributed by atoms with Gasteiger partial charge in [-0.25, -0.2) is 4.79 Å². The first-order chi connectivity index (χ1) is 8.19. The molecular formula is C12H10O5. The van der Waals surface area contributed by atoms with Crippen molar-refractivity contribution in [3.05, 3.63) is 40.8 Å². The summed E-state index contributed by atoms with van der Waals surface area (Å²) in [6.45, 7) is -0.762. The standard InChI is InChI=1S/C12H10O5/c13-6-9(14)7-16-10-3-1-8-2-4-12(15)17-11(8)5-10/h1-5,13H,6-7H2. The highest BCUT2D eigenvalue weighted by Gasteiger charge is 2.03. The number of ether oxygens (including phenoxy) is 1. The molecule has 0 unspecified atom stereocenters. The number of aliphatic hydroxyl groups excluding tert-OH is 1. The lowest BCUT2D eigenvalue weighted by molar-refractivity contribution is -0.123. The quantitative estimate of drug-likeness (QED) is 0.789. The fourth-order valence-corrected chi connectivity index (χ4v) is 1.34. The number of carbonyl (C=O) groups is 1. The monoisotopic (exact) mass is 234 g/mol. The smallest absolute Gasteiger partial charge is 0.336 e. The van der Waals surface area contributed by atoms with E-state index in [2.05, 4.69) is 0 Å². The van der Waals surface area contributed by atoms with E-state index < -0.39 is 18.0 Å². The molecule has 0 radical (unpaired) electrons. The number of Topliss-reactive ketones (excluding diaryl/α,β-unsaturated/α-hetero) is 1. The van der Waals surface area contributed by atoms with Crippen LogP contribution in [0.1, 0.15) is 0 Å². The zero-order chi connectivity index (χ0) is 12.3. The summed E-state index contributed by atoms with van der Waals surface area (Å²) in [7, 11) is 0. The van der Waals surface area contributed by atoms with E-state index in [9.17, 15) is 9.59 Å². The van der Waals surface area contributed by atoms with Crippen molar-refractivity contribution >= 4 is 16.8 Å². The van der Waals surface area contributed by atoms with Crippen molar-refractivity contribution in [2.75, 3.05) is 13.2 Å². The summed E-state index contributed by atoms with van der Waals surface area (Å²) < 4.78 is 10.1. The van der Waals surface area contributed by atoms with Crippen molar-refractivity contribution in [2.24, 2.45) is 0 Å². The van der Waals surface area contributed by atoms with Crippen LogP contribution in [0.4, 0.5) is 0 Å². The molecule has 0 saturated heterocycles. The molecule has 0 aliphatic carbocycles. The molecule has 0 aliphatic heterocycles. The van der Waals surface area contributed by atoms with Crippen molar-refractivity contribution in [2.45, 2.75) is 0 Å². The molecule has 0 bridgehead atoms. The summed E-state index contributed by atoms with van der Waals surface area (Å²) in [5.74, 6) is -0.00624. The average molecular weight is 234 g/mol. The minimum absolute atomic E-state index is 0.209. The van der Waals surface area contributed by atoms with Crippen molar-refractivity contribution in [3.8, 4) is 5.75 Å². The third-order valence-electron chi connectivity index (χ3n) is 2.17. The fraction of sp³-hybridized carbons (Fsp3) is 0.167. The maximum Gasteiger partial charge on any atom is 0.336 e. The van der Waals surface area contributed by atoms with E-state index in [1.807, 2.05) is 0 Å². The zero-order valence-corrected chi connectivity index (χ0v) is 8.88. The Kier molecular flexibility index (Phi) is 3.20. The molecule has 1 N–H and O–H groups in total. The van der Waals surface area contributed by atoms with Crippen LogP contribution in [0, 0.1) is 0 Å². The van der Waals surface area contributed by atoms with Gasteiger partial charge >= 0.3 is 5.63 Å². The minimum Gasteiger partial charge on any atom is -0.486 e. The highest BCUT2D eigenvalue weighted by Crippen LogP contribution is 2.19. The second-order valence-electron chi connectivity index (χ2n) is 3.44. The first-order valence-corrected chi connectivity index (χ1v) is 4.98. The first-order valence-electron chi connectivity index (χ1n) is 4.98. The molecule has 5 nitrogen and oxygen atoms in total. The molecule has 0 spiro atoms. The van der Waals surface area contributed by atoms with Crippen LogP contribution in [-0.4, -0.2) is 24.1 Å². The molecular weight excluding hydrogens is 224 g/mol. The summed E-state index contributed by atoms with van der Waals surface area (Å²) >= 11 is 0. The summed E-state index contributed by atoms with van der Waals surface area (Å²) in [5.41, 5.74) is -0.0486. The lowest BCUT2D eigenvalue weighted by Gasteiger charge is -2.04. The van der Waals surface area contributed by atoms with Crippen molar-refractivity contribution in [3.63, 3.8) is 0 Å². The molecule has 1 aromatic heterocycles. The number of hydrogen-bond acceptors (Lipinski definition) is 5. The SMILES string of the molecule is O=C(CO)COc1ccc2ccc(=O)oc2c1. The Morgan fingerprint density at radius 1 is 1.29 bits per heavy atom. The Morgan fingerprint density at radius 2 is 2.06 bits per heavy atom. The Bertz CT molecular complexity index is 599. The molecule has 1 aromatic carbocycles.